The van der Waals surface area contributed by atoms with Crippen molar-refractivity contribution in [3.8, 4) is 0 Å². The average molecular weight is 405 g/mol. The van der Waals surface area contributed by atoms with Crippen molar-refractivity contribution in [1.29, 1.82) is 0 Å². The molecule has 0 spiro atoms. The molecular formula is C14H36N2O5S2Si. The van der Waals surface area contributed by atoms with E-state index < -0.39 is 28.3 Å². The molecule has 0 saturated carbocycles. The third kappa shape index (κ3) is 14.3. The molecule has 1 aliphatic rings. The minimum Gasteiger partial charge on any atom is -0.381 e. The molecule has 1 rings (SSSR count). The van der Waals surface area contributed by atoms with Crippen LogP contribution in [0.4, 0.5) is 0 Å². The first kappa shape index (κ1) is 26.2. The molecule has 24 heavy (non-hydrogen) atoms. The molecular weight excluding hydrogens is 368 g/mol. The molecule has 0 aromatic rings. The minimum atomic E-state index is -3.16. The van der Waals surface area contributed by atoms with Crippen LogP contribution in [0.15, 0.2) is 0 Å². The summed E-state index contributed by atoms with van der Waals surface area (Å²) in [6.45, 7) is 15.5. The zero-order valence-corrected chi connectivity index (χ0v) is 18.8. The molecule has 0 bridgehead atoms. The van der Waals surface area contributed by atoms with E-state index in [0.29, 0.717) is 0 Å². The summed E-state index contributed by atoms with van der Waals surface area (Å²) in [5.74, 6) is 0.187. The number of ether oxygens (including phenoxy) is 1. The first-order chi connectivity index (χ1) is 10.6. The zero-order chi connectivity index (χ0) is 19.7. The highest BCUT2D eigenvalue weighted by atomic mass is 32.2. The maximum Gasteiger partial charge on any atom is 0.208 e. The normalized spacial score (nSPS) is 15.8. The molecule has 1 fully saturated rings. The molecule has 10 heteroatoms. The summed E-state index contributed by atoms with van der Waals surface area (Å²) in [4.78, 5) is 0. The van der Waals surface area contributed by atoms with Crippen LogP contribution in [0, 0.1) is 0 Å². The van der Waals surface area contributed by atoms with Gasteiger partial charge in [-0.05, 0) is 31.7 Å². The van der Waals surface area contributed by atoms with E-state index in [4.69, 9.17) is 4.74 Å². The summed E-state index contributed by atoms with van der Waals surface area (Å²) in [6, 6.07) is 0. The molecule has 1 aliphatic heterocycles. The van der Waals surface area contributed by atoms with Gasteiger partial charge >= 0.3 is 0 Å². The minimum absolute atomic E-state index is 0.0208. The number of nitrogens with two attached hydrogens (primary N) is 1. The van der Waals surface area contributed by atoms with Gasteiger partial charge in [-0.25, -0.2) is 26.4 Å². The quantitative estimate of drug-likeness (QED) is 0.695. The van der Waals surface area contributed by atoms with Crippen LogP contribution in [0.2, 0.25) is 18.1 Å². The second-order valence-electron chi connectivity index (χ2n) is 7.15. The van der Waals surface area contributed by atoms with Crippen molar-refractivity contribution in [1.82, 2.24) is 4.39 Å². The van der Waals surface area contributed by atoms with E-state index in [0.717, 1.165) is 13.2 Å². The maximum atomic E-state index is 11.4. The zero-order valence-electron chi connectivity index (χ0n) is 16.2. The van der Waals surface area contributed by atoms with E-state index in [2.05, 4.69) is 30.3 Å². The summed E-state index contributed by atoms with van der Waals surface area (Å²) in [6.07, 6.45) is 2.56. The largest absolute Gasteiger partial charge is 0.381 e. The van der Waals surface area contributed by atoms with Crippen molar-refractivity contribution in [2.75, 3.05) is 24.7 Å². The molecule has 0 amide bonds. The van der Waals surface area contributed by atoms with Gasteiger partial charge in [-0.3, -0.25) is 0 Å². The highest BCUT2D eigenvalue weighted by Crippen LogP contribution is 2.34. The van der Waals surface area contributed by atoms with Crippen LogP contribution >= 0.6 is 0 Å². The van der Waals surface area contributed by atoms with Crippen LogP contribution in [-0.2, 0) is 24.8 Å². The van der Waals surface area contributed by atoms with Crippen molar-refractivity contribution in [2.24, 2.45) is 5.14 Å². The van der Waals surface area contributed by atoms with Gasteiger partial charge in [0.25, 0.3) is 0 Å². The van der Waals surface area contributed by atoms with Gasteiger partial charge in [0, 0.05) is 13.2 Å². The SMILES string of the molecule is C1CCOC1.CCS(=O)(=O)N[Si](C)(C)C(C)(C)C.CCS(N)(=O)=O. The molecule has 0 aliphatic carbocycles. The topological polar surface area (TPSA) is 116 Å². The van der Waals surface area contributed by atoms with Crippen LogP contribution < -0.4 is 9.53 Å². The van der Waals surface area contributed by atoms with Gasteiger partial charge in [-0.1, -0.05) is 33.9 Å². The number of primary sulfonamides is 1. The molecule has 7 nitrogen and oxygen atoms in total. The van der Waals surface area contributed by atoms with Gasteiger partial charge in [0.05, 0.1) is 11.5 Å². The Hall–Kier alpha value is -0.00312. The number of rotatable bonds is 4. The lowest BCUT2D eigenvalue weighted by molar-refractivity contribution is 0.198. The number of hydrogen-bond acceptors (Lipinski definition) is 5. The highest BCUT2D eigenvalue weighted by molar-refractivity contribution is 7.90. The van der Waals surface area contributed by atoms with Gasteiger partial charge < -0.3 is 4.74 Å². The van der Waals surface area contributed by atoms with Gasteiger partial charge in [0.15, 0.2) is 0 Å². The summed E-state index contributed by atoms with van der Waals surface area (Å²) < 4.78 is 50.1. The lowest BCUT2D eigenvalue weighted by atomic mass is 10.2. The van der Waals surface area contributed by atoms with Crippen LogP contribution in [-0.4, -0.2) is 49.8 Å². The number of nitrogens with one attached hydrogen (secondary N) is 1. The fraction of sp³-hybridized carbons (Fsp3) is 1.00. The summed E-state index contributed by atoms with van der Waals surface area (Å²) in [7, 11) is -8.11. The van der Waals surface area contributed by atoms with Gasteiger partial charge in [-0.2, -0.15) is 0 Å². The number of hydrogen-bond donors (Lipinski definition) is 2. The van der Waals surface area contributed by atoms with Gasteiger partial charge in [-0.15, -0.1) is 0 Å². The van der Waals surface area contributed by atoms with Crippen LogP contribution in [0.3, 0.4) is 0 Å². The second kappa shape index (κ2) is 10.9. The first-order valence-electron chi connectivity index (χ1n) is 8.18. The molecule has 148 valence electrons. The van der Waals surface area contributed by atoms with Gasteiger partial charge in [0.1, 0.15) is 8.24 Å². The van der Waals surface area contributed by atoms with Crippen LogP contribution in [0.5, 0.6) is 0 Å². The van der Waals surface area contributed by atoms with Crippen molar-refractivity contribution in [2.45, 2.75) is 65.6 Å². The van der Waals surface area contributed by atoms with Crippen molar-refractivity contribution in [3.63, 3.8) is 0 Å². The number of sulfonamides is 2. The second-order valence-corrected chi connectivity index (χ2v) is 16.4. The van der Waals surface area contributed by atoms with Crippen molar-refractivity contribution < 1.29 is 21.6 Å². The fourth-order valence-corrected chi connectivity index (χ4v) is 6.04. The van der Waals surface area contributed by atoms with E-state index in [9.17, 15) is 16.8 Å². The maximum absolute atomic E-state index is 11.4. The monoisotopic (exact) mass is 404 g/mol. The lowest BCUT2D eigenvalue weighted by Gasteiger charge is -2.36. The fourth-order valence-electron chi connectivity index (χ4n) is 1.12. The summed E-state index contributed by atoms with van der Waals surface area (Å²) >= 11 is 0. The molecule has 0 radical (unpaired) electrons. The Morgan fingerprint density at radius 2 is 1.38 bits per heavy atom. The summed E-state index contributed by atoms with van der Waals surface area (Å²) in [5, 5.41) is 4.56. The Morgan fingerprint density at radius 3 is 1.54 bits per heavy atom. The molecule has 1 heterocycles. The Labute approximate surface area is 149 Å². The van der Waals surface area contributed by atoms with Crippen molar-refractivity contribution >= 4 is 28.3 Å². The predicted octanol–water partition coefficient (Wildman–Crippen LogP) is 2.02. The van der Waals surface area contributed by atoms with Crippen molar-refractivity contribution in [3.05, 3.63) is 0 Å². The van der Waals surface area contributed by atoms with Crippen LogP contribution in [0.1, 0.15) is 47.5 Å². The van der Waals surface area contributed by atoms with Gasteiger partial charge in [0.2, 0.25) is 20.0 Å². The molecule has 0 unspecified atom stereocenters. The van der Waals surface area contributed by atoms with E-state index in [-0.39, 0.29) is 16.5 Å². The predicted molar refractivity (Wildman–Crippen MR) is 103 cm³/mol. The lowest BCUT2D eigenvalue weighted by Crippen LogP contribution is -2.54. The Morgan fingerprint density at radius 1 is 1.00 bits per heavy atom. The highest BCUT2D eigenvalue weighted by Gasteiger charge is 2.38. The summed E-state index contributed by atoms with van der Waals surface area (Å²) in [5.41, 5.74) is 0. The van der Waals surface area contributed by atoms with E-state index in [1.54, 1.807) is 6.92 Å². The molecule has 3 N–H and O–H groups in total. The average Bonchev–Trinajstić information content (AvgIpc) is 2.95. The Bertz CT molecular complexity index is 528. The van der Waals surface area contributed by atoms with E-state index in [1.165, 1.54) is 19.8 Å². The molecule has 0 aromatic heterocycles. The Balaban J connectivity index is 0. The molecule has 0 atom stereocenters. The van der Waals surface area contributed by atoms with E-state index in [1.807, 2.05) is 13.1 Å². The third-order valence-corrected chi connectivity index (χ3v) is 12.5. The Kier molecular flexibility index (Phi) is 11.9. The van der Waals surface area contributed by atoms with Crippen LogP contribution in [0.25, 0.3) is 0 Å². The smallest absolute Gasteiger partial charge is 0.208 e. The standard InChI is InChI=1S/C8H21NO2SSi.C4H8O.C2H7NO2S/c1-7-12(10,11)9-13(5,6)8(2,3)4;1-2-4-5-3-1;1-2-6(3,4)5/h9H,7H2,1-6H3;1-4H2;2H2,1H3,(H2,3,4,5). The molecule has 1 saturated heterocycles. The van der Waals surface area contributed by atoms with E-state index >= 15 is 0 Å². The third-order valence-electron chi connectivity index (χ3n) is 3.90. The first-order valence-corrected chi connectivity index (χ1v) is 14.5. The molecule has 0 aromatic carbocycles.